The van der Waals surface area contributed by atoms with Crippen LogP contribution in [0.25, 0.3) is 0 Å². The van der Waals surface area contributed by atoms with Gasteiger partial charge in [0, 0.05) is 28.4 Å². The number of carbonyl (C=O) groups is 3. The maximum Gasteiger partial charge on any atom is 0.333 e. The number of hydrogen-bond donors (Lipinski definition) is 0. The Hall–Kier alpha value is -2.37. The van der Waals surface area contributed by atoms with Crippen molar-refractivity contribution < 1.29 is 28.3 Å². The molecule has 0 aromatic carbocycles. The highest BCUT2D eigenvalue weighted by atomic mass is 16.6. The molecule has 0 N–H and O–H groups in total. The highest BCUT2D eigenvalue weighted by Gasteiger charge is 2.63. The fourth-order valence-corrected chi connectivity index (χ4v) is 5.68. The van der Waals surface area contributed by atoms with Crippen LogP contribution in [0.1, 0.15) is 44.8 Å². The second-order valence-corrected chi connectivity index (χ2v) is 8.15. The Kier molecular flexibility index (Phi) is 4.24. The Labute approximate surface area is 157 Å². The van der Waals surface area contributed by atoms with Crippen molar-refractivity contribution >= 4 is 17.7 Å². The van der Waals surface area contributed by atoms with Gasteiger partial charge >= 0.3 is 11.9 Å². The van der Waals surface area contributed by atoms with Crippen LogP contribution in [0, 0.1) is 29.1 Å². The number of hydrogen-bond acceptors (Lipinski definition) is 6. The molecule has 6 unspecified atom stereocenters. The maximum absolute atomic E-state index is 12.9. The number of rotatable bonds is 3. The second kappa shape index (κ2) is 6.36. The van der Waals surface area contributed by atoms with Crippen molar-refractivity contribution in [3.63, 3.8) is 0 Å². The normalized spacial score (nSPS) is 37.7. The number of Topliss-reactive ketones (excluding diaryl/α,β-unsaturated/α-hetero) is 1. The Morgan fingerprint density at radius 2 is 2.11 bits per heavy atom. The predicted octanol–water partition coefficient (Wildman–Crippen LogP) is 3.23. The molecular formula is C21H24O6. The summed E-state index contributed by atoms with van der Waals surface area (Å²) in [7, 11) is 1.36. The van der Waals surface area contributed by atoms with Gasteiger partial charge in [0.25, 0.3) is 0 Å². The van der Waals surface area contributed by atoms with Gasteiger partial charge in [-0.15, -0.1) is 0 Å². The van der Waals surface area contributed by atoms with Crippen molar-refractivity contribution in [3.8, 4) is 0 Å². The van der Waals surface area contributed by atoms with E-state index in [-0.39, 0.29) is 35.5 Å². The van der Waals surface area contributed by atoms with Crippen LogP contribution >= 0.6 is 0 Å². The molecule has 0 amide bonds. The summed E-state index contributed by atoms with van der Waals surface area (Å²) in [5.41, 5.74) is 0.795. The summed E-state index contributed by atoms with van der Waals surface area (Å²) >= 11 is 0. The molecule has 144 valence electrons. The standard InChI is InChI=1S/C21H24O6/c1-11(22)13-9-21(2)14(5-4-6-15(21)19(23)25-3)17-16(13)18(27-20(17)24)12-7-8-26-10-12/h6-8,10,13-14,16-18H,4-5,9H2,1-3H3. The zero-order chi connectivity index (χ0) is 19.3. The Morgan fingerprint density at radius 3 is 2.74 bits per heavy atom. The number of ether oxygens (including phenoxy) is 2. The molecule has 0 spiro atoms. The molecule has 1 aromatic heterocycles. The number of furan rings is 1. The summed E-state index contributed by atoms with van der Waals surface area (Å²) in [6, 6.07) is 1.78. The highest BCUT2D eigenvalue weighted by Crippen LogP contribution is 2.62. The van der Waals surface area contributed by atoms with Crippen molar-refractivity contribution in [2.75, 3.05) is 7.11 Å². The largest absolute Gasteiger partial charge is 0.472 e. The summed E-state index contributed by atoms with van der Waals surface area (Å²) in [6.07, 6.45) is 6.57. The first-order valence-corrected chi connectivity index (χ1v) is 9.40. The number of cyclic esters (lactones) is 1. The lowest BCUT2D eigenvalue weighted by molar-refractivity contribution is -0.149. The number of allylic oxidation sites excluding steroid dienone is 1. The van der Waals surface area contributed by atoms with E-state index in [1.807, 2.05) is 13.0 Å². The molecule has 6 nitrogen and oxygen atoms in total. The third-order valence-electron chi connectivity index (χ3n) is 6.88. The highest BCUT2D eigenvalue weighted by molar-refractivity contribution is 5.91. The third kappa shape index (κ3) is 2.57. The molecule has 1 saturated heterocycles. The molecule has 1 aromatic rings. The minimum Gasteiger partial charge on any atom is -0.472 e. The van der Waals surface area contributed by atoms with Gasteiger partial charge in [-0.25, -0.2) is 4.79 Å². The molecule has 4 rings (SSSR count). The van der Waals surface area contributed by atoms with E-state index in [2.05, 4.69) is 0 Å². The molecule has 6 atom stereocenters. The summed E-state index contributed by atoms with van der Waals surface area (Å²) in [6.45, 7) is 3.55. The maximum atomic E-state index is 12.9. The van der Waals surface area contributed by atoms with Crippen LogP contribution in [0.4, 0.5) is 0 Å². The van der Waals surface area contributed by atoms with Gasteiger partial charge < -0.3 is 13.9 Å². The topological polar surface area (TPSA) is 82.8 Å². The van der Waals surface area contributed by atoms with E-state index in [1.54, 1.807) is 25.5 Å². The molecule has 1 saturated carbocycles. The van der Waals surface area contributed by atoms with Gasteiger partial charge in [-0.05, 0) is 38.2 Å². The van der Waals surface area contributed by atoms with E-state index >= 15 is 0 Å². The molecule has 6 heteroatoms. The smallest absolute Gasteiger partial charge is 0.333 e. The lowest BCUT2D eigenvalue weighted by atomic mass is 9.49. The number of esters is 2. The molecular weight excluding hydrogens is 348 g/mol. The molecule has 27 heavy (non-hydrogen) atoms. The molecule has 2 aliphatic carbocycles. The average Bonchev–Trinajstić information content (AvgIpc) is 3.27. The van der Waals surface area contributed by atoms with E-state index in [9.17, 15) is 14.4 Å². The monoisotopic (exact) mass is 372 g/mol. The Morgan fingerprint density at radius 1 is 1.33 bits per heavy atom. The van der Waals surface area contributed by atoms with Crippen LogP contribution in [-0.4, -0.2) is 24.8 Å². The van der Waals surface area contributed by atoms with Crippen molar-refractivity contribution in [2.45, 2.75) is 39.2 Å². The predicted molar refractivity (Wildman–Crippen MR) is 94.2 cm³/mol. The summed E-state index contributed by atoms with van der Waals surface area (Å²) < 4.78 is 15.9. The first-order chi connectivity index (χ1) is 12.9. The van der Waals surface area contributed by atoms with Crippen molar-refractivity contribution in [1.82, 2.24) is 0 Å². The van der Waals surface area contributed by atoms with Gasteiger partial charge in [0.05, 0.1) is 25.6 Å². The van der Waals surface area contributed by atoms with Gasteiger partial charge in [0.15, 0.2) is 0 Å². The number of fused-ring (bicyclic) bond motifs is 3. The lowest BCUT2D eigenvalue weighted by Gasteiger charge is -2.51. The van der Waals surface area contributed by atoms with E-state index in [0.717, 1.165) is 12.0 Å². The Bertz CT molecular complexity index is 807. The summed E-state index contributed by atoms with van der Waals surface area (Å²) in [4.78, 5) is 38.0. The van der Waals surface area contributed by atoms with E-state index in [0.29, 0.717) is 18.4 Å². The van der Waals surface area contributed by atoms with Crippen molar-refractivity contribution in [1.29, 1.82) is 0 Å². The zero-order valence-corrected chi connectivity index (χ0v) is 15.8. The molecule has 2 heterocycles. The minimum atomic E-state index is -0.576. The lowest BCUT2D eigenvalue weighted by Crippen LogP contribution is -2.51. The number of methoxy groups -OCH3 is 1. The second-order valence-electron chi connectivity index (χ2n) is 8.15. The first-order valence-electron chi connectivity index (χ1n) is 9.40. The van der Waals surface area contributed by atoms with Gasteiger partial charge in [0.2, 0.25) is 0 Å². The van der Waals surface area contributed by atoms with Crippen LogP contribution in [0.3, 0.4) is 0 Å². The van der Waals surface area contributed by atoms with Crippen molar-refractivity contribution in [2.24, 2.45) is 29.1 Å². The van der Waals surface area contributed by atoms with Crippen LogP contribution in [0.5, 0.6) is 0 Å². The zero-order valence-electron chi connectivity index (χ0n) is 15.8. The van der Waals surface area contributed by atoms with Crippen LogP contribution in [-0.2, 0) is 23.9 Å². The van der Waals surface area contributed by atoms with Crippen molar-refractivity contribution in [3.05, 3.63) is 35.8 Å². The third-order valence-corrected chi connectivity index (χ3v) is 6.88. The van der Waals surface area contributed by atoms with Gasteiger partial charge in [0.1, 0.15) is 11.9 Å². The molecule has 1 aliphatic heterocycles. The van der Waals surface area contributed by atoms with Crippen LogP contribution in [0.2, 0.25) is 0 Å². The Balaban J connectivity index is 1.80. The van der Waals surface area contributed by atoms with E-state index < -0.39 is 17.4 Å². The van der Waals surface area contributed by atoms with Gasteiger partial charge in [-0.3, -0.25) is 9.59 Å². The minimum absolute atomic E-state index is 0.0197. The van der Waals surface area contributed by atoms with Gasteiger partial charge in [-0.1, -0.05) is 13.0 Å². The number of ketones is 1. The molecule has 3 aliphatic rings. The summed E-state index contributed by atoms with van der Waals surface area (Å²) in [5, 5.41) is 0. The first kappa shape index (κ1) is 18.0. The molecule has 2 fully saturated rings. The van der Waals surface area contributed by atoms with Crippen LogP contribution < -0.4 is 0 Å². The van der Waals surface area contributed by atoms with E-state index in [4.69, 9.17) is 13.9 Å². The summed E-state index contributed by atoms with van der Waals surface area (Å²) in [5.74, 6) is -1.70. The molecule has 0 radical (unpaired) electrons. The molecule has 0 bridgehead atoms. The SMILES string of the molecule is COC(=O)C1=CCCC2C3C(=O)OC(c4ccoc4)C3C(C(C)=O)CC12C. The van der Waals surface area contributed by atoms with Gasteiger partial charge in [-0.2, -0.15) is 0 Å². The fraction of sp³-hybridized carbons (Fsp3) is 0.571. The van der Waals surface area contributed by atoms with E-state index in [1.165, 1.54) is 7.11 Å². The number of carbonyl (C=O) groups excluding carboxylic acids is 3. The average molecular weight is 372 g/mol. The fourth-order valence-electron chi connectivity index (χ4n) is 5.68. The quantitative estimate of drug-likeness (QED) is 0.758. The van der Waals surface area contributed by atoms with Crippen LogP contribution in [0.15, 0.2) is 34.7 Å².